The molecule has 1 amide bonds. The van der Waals surface area contributed by atoms with Crippen molar-refractivity contribution in [1.29, 1.82) is 0 Å². The second-order valence-corrected chi connectivity index (χ2v) is 12.7. The molecule has 5 rings (SSSR count). The first-order valence-electron chi connectivity index (χ1n) is 14.5. The van der Waals surface area contributed by atoms with Crippen molar-refractivity contribution in [2.45, 2.75) is 75.7 Å². The molecule has 0 N–H and O–H groups in total. The Morgan fingerprint density at radius 1 is 0.951 bits per heavy atom. The molecule has 0 bridgehead atoms. The van der Waals surface area contributed by atoms with E-state index in [1.165, 1.54) is 11.1 Å². The molecule has 0 atom stereocenters. The molecule has 0 radical (unpaired) electrons. The van der Waals surface area contributed by atoms with Crippen molar-refractivity contribution in [1.82, 2.24) is 14.5 Å². The smallest absolute Gasteiger partial charge is 0.326 e. The van der Waals surface area contributed by atoms with E-state index < -0.39 is 5.60 Å². The van der Waals surface area contributed by atoms with Crippen molar-refractivity contribution >= 4 is 34.7 Å². The number of ether oxygens (including phenoxy) is 1. The van der Waals surface area contributed by atoms with Crippen molar-refractivity contribution in [3.8, 4) is 0 Å². The van der Waals surface area contributed by atoms with Gasteiger partial charge in [0.25, 0.3) is 0 Å². The van der Waals surface area contributed by atoms with Gasteiger partial charge in [-0.05, 0) is 63.3 Å². The van der Waals surface area contributed by atoms with E-state index in [9.17, 15) is 9.59 Å². The van der Waals surface area contributed by atoms with Crippen LogP contribution in [0, 0.1) is 0 Å². The number of para-hydroxylation sites is 2. The maximum Gasteiger partial charge on any atom is 0.326 e. The molecule has 1 fully saturated rings. The van der Waals surface area contributed by atoms with Gasteiger partial charge in [0.05, 0.1) is 11.0 Å². The van der Waals surface area contributed by atoms with Gasteiger partial charge in [-0.3, -0.25) is 9.59 Å². The van der Waals surface area contributed by atoms with Crippen LogP contribution in [-0.2, 0) is 20.9 Å². The van der Waals surface area contributed by atoms with E-state index in [2.05, 4.69) is 29.2 Å². The highest BCUT2D eigenvalue weighted by Crippen LogP contribution is 2.33. The number of aromatic nitrogens is 2. The van der Waals surface area contributed by atoms with Crippen LogP contribution in [-0.4, -0.2) is 50.3 Å². The van der Waals surface area contributed by atoms with Crippen molar-refractivity contribution in [2.75, 3.05) is 12.3 Å². The zero-order valence-corrected chi connectivity index (χ0v) is 25.0. The molecular weight excluding hydrogens is 530 g/mol. The Morgan fingerprint density at radius 2 is 1.56 bits per heavy atom. The van der Waals surface area contributed by atoms with Crippen LogP contribution >= 0.6 is 11.8 Å². The molecule has 0 saturated heterocycles. The molecule has 41 heavy (non-hydrogen) atoms. The molecule has 1 aliphatic carbocycles. The molecule has 1 saturated carbocycles. The summed E-state index contributed by atoms with van der Waals surface area (Å²) in [5.41, 5.74) is 3.58. The number of imidazole rings is 1. The number of hydrogen-bond donors (Lipinski definition) is 0. The standard InChI is InChI=1S/C34H39N3O3S/c1-34(2,3)40-32(39)24-37-30-18-11-10-17-29(30)35-33(37)41-22-12-21-36(27-19-20-27)31(38)23-28(25-13-6-4-7-14-25)26-15-8-5-9-16-26/h4-11,13-18,27-28H,12,19-24H2,1-3H3. The lowest BCUT2D eigenvalue weighted by Gasteiger charge is -2.26. The first kappa shape index (κ1) is 28.9. The van der Waals surface area contributed by atoms with Crippen LogP contribution in [0.4, 0.5) is 0 Å². The van der Waals surface area contributed by atoms with E-state index in [-0.39, 0.29) is 24.3 Å². The van der Waals surface area contributed by atoms with Crippen molar-refractivity contribution in [3.63, 3.8) is 0 Å². The van der Waals surface area contributed by atoms with Gasteiger partial charge >= 0.3 is 5.97 Å². The normalized spacial score (nSPS) is 13.5. The molecule has 1 aromatic heterocycles. The van der Waals surface area contributed by atoms with Crippen molar-refractivity contribution in [3.05, 3.63) is 96.1 Å². The van der Waals surface area contributed by atoms with Gasteiger partial charge in [0.1, 0.15) is 12.1 Å². The zero-order chi connectivity index (χ0) is 28.8. The summed E-state index contributed by atoms with van der Waals surface area (Å²) in [7, 11) is 0. The third-order valence-corrected chi connectivity index (χ3v) is 8.25. The first-order valence-corrected chi connectivity index (χ1v) is 15.5. The molecule has 0 unspecified atom stereocenters. The molecule has 7 heteroatoms. The number of fused-ring (bicyclic) bond motifs is 1. The molecule has 1 aliphatic rings. The minimum Gasteiger partial charge on any atom is -0.459 e. The Balaban J connectivity index is 1.23. The van der Waals surface area contributed by atoms with E-state index in [1.54, 1.807) is 11.8 Å². The lowest BCUT2D eigenvalue weighted by molar-refractivity contribution is -0.155. The molecule has 0 spiro atoms. The Kier molecular flexibility index (Phi) is 9.13. The number of benzene rings is 3. The van der Waals surface area contributed by atoms with Crippen molar-refractivity contribution < 1.29 is 14.3 Å². The third kappa shape index (κ3) is 7.79. The highest BCUT2D eigenvalue weighted by molar-refractivity contribution is 7.99. The molecule has 0 aliphatic heterocycles. The van der Waals surface area contributed by atoms with E-state index in [1.807, 2.05) is 86.0 Å². The molecule has 4 aromatic rings. The van der Waals surface area contributed by atoms with Gasteiger partial charge < -0.3 is 14.2 Å². The quantitative estimate of drug-likeness (QED) is 0.104. The van der Waals surface area contributed by atoms with Gasteiger partial charge in [0, 0.05) is 30.7 Å². The summed E-state index contributed by atoms with van der Waals surface area (Å²) < 4.78 is 7.53. The van der Waals surface area contributed by atoms with E-state index in [0.29, 0.717) is 12.5 Å². The number of thioether (sulfide) groups is 1. The van der Waals surface area contributed by atoms with Crippen LogP contribution in [0.15, 0.2) is 90.1 Å². The molecular formula is C34H39N3O3S. The first-order chi connectivity index (χ1) is 19.8. The van der Waals surface area contributed by atoms with Gasteiger partial charge in [-0.25, -0.2) is 4.98 Å². The summed E-state index contributed by atoms with van der Waals surface area (Å²) in [6, 6.07) is 28.9. The summed E-state index contributed by atoms with van der Waals surface area (Å²) >= 11 is 1.63. The summed E-state index contributed by atoms with van der Waals surface area (Å²) in [6.07, 6.45) is 3.46. The van der Waals surface area contributed by atoms with Crippen LogP contribution in [0.5, 0.6) is 0 Å². The lowest BCUT2D eigenvalue weighted by atomic mass is 9.88. The number of hydrogen-bond acceptors (Lipinski definition) is 5. The second kappa shape index (κ2) is 12.9. The van der Waals surface area contributed by atoms with E-state index in [4.69, 9.17) is 9.72 Å². The number of amides is 1. The monoisotopic (exact) mass is 569 g/mol. The average Bonchev–Trinajstić information content (AvgIpc) is 3.74. The number of carbonyl (C=O) groups excluding carboxylic acids is 2. The van der Waals surface area contributed by atoms with Gasteiger partial charge in [-0.15, -0.1) is 0 Å². The van der Waals surface area contributed by atoms with Crippen LogP contribution in [0.3, 0.4) is 0 Å². The third-order valence-electron chi connectivity index (χ3n) is 7.19. The second-order valence-electron chi connectivity index (χ2n) is 11.7. The number of rotatable bonds is 12. The average molecular weight is 570 g/mol. The maximum absolute atomic E-state index is 13.7. The summed E-state index contributed by atoms with van der Waals surface area (Å²) in [6.45, 7) is 6.47. The van der Waals surface area contributed by atoms with Gasteiger partial charge in [-0.2, -0.15) is 0 Å². The van der Waals surface area contributed by atoms with Gasteiger partial charge in [0.2, 0.25) is 5.91 Å². The number of nitrogens with zero attached hydrogens (tertiary/aromatic N) is 3. The Labute approximate surface area is 247 Å². The largest absolute Gasteiger partial charge is 0.459 e. The summed E-state index contributed by atoms with van der Waals surface area (Å²) in [4.78, 5) is 33.3. The van der Waals surface area contributed by atoms with Crippen LogP contribution in [0.25, 0.3) is 11.0 Å². The summed E-state index contributed by atoms with van der Waals surface area (Å²) in [5, 5.41) is 0.801. The SMILES string of the molecule is CC(C)(C)OC(=O)Cn1c(SCCCN(C(=O)CC(c2ccccc2)c2ccccc2)C2CC2)nc2ccccc21. The molecule has 6 nitrogen and oxygen atoms in total. The highest BCUT2D eigenvalue weighted by atomic mass is 32.2. The number of esters is 1. The minimum absolute atomic E-state index is 0.0354. The fourth-order valence-corrected chi connectivity index (χ4v) is 6.14. The predicted octanol–water partition coefficient (Wildman–Crippen LogP) is 7.07. The predicted molar refractivity (Wildman–Crippen MR) is 165 cm³/mol. The highest BCUT2D eigenvalue weighted by Gasteiger charge is 2.33. The number of carbonyl (C=O) groups is 2. The Bertz CT molecular complexity index is 1420. The van der Waals surface area contributed by atoms with Gasteiger partial charge in [-0.1, -0.05) is 84.6 Å². The van der Waals surface area contributed by atoms with Crippen LogP contribution in [0.1, 0.15) is 63.5 Å². The lowest BCUT2D eigenvalue weighted by Crippen LogP contribution is -2.35. The topological polar surface area (TPSA) is 64.4 Å². The zero-order valence-electron chi connectivity index (χ0n) is 24.2. The molecule has 214 valence electrons. The van der Waals surface area contributed by atoms with Crippen LogP contribution < -0.4 is 0 Å². The van der Waals surface area contributed by atoms with E-state index >= 15 is 0 Å². The Hall–Kier alpha value is -3.58. The fourth-order valence-electron chi connectivity index (χ4n) is 5.21. The molecule has 1 heterocycles. The Morgan fingerprint density at radius 3 is 2.17 bits per heavy atom. The fraction of sp³-hybridized carbons (Fsp3) is 0.382. The minimum atomic E-state index is -0.542. The summed E-state index contributed by atoms with van der Waals surface area (Å²) in [5.74, 6) is 0.773. The maximum atomic E-state index is 13.7. The van der Waals surface area contributed by atoms with E-state index in [0.717, 1.165) is 47.7 Å². The van der Waals surface area contributed by atoms with Crippen LogP contribution in [0.2, 0.25) is 0 Å². The van der Waals surface area contributed by atoms with Gasteiger partial charge in [0.15, 0.2) is 5.16 Å². The van der Waals surface area contributed by atoms with Crippen molar-refractivity contribution in [2.24, 2.45) is 0 Å². The molecule has 3 aromatic carbocycles.